The third kappa shape index (κ3) is 7.06. The Morgan fingerprint density at radius 2 is 0.589 bits per heavy atom. The molecule has 9 rings (SSSR count). The van der Waals surface area contributed by atoms with Gasteiger partial charge in [0.2, 0.25) is 0 Å². The standard InChI is InChI=1S/C49H31N7/c1-50-43-26-12-11-25-42(43)49-55-46(54-48(56-49)41-24-13-21-38(31-41)33-15-5-2-6-16-33)37-29-27-34(28-30-37)39-22-14-23-40(32-39)47-52-44(35-17-7-3-8-18-35)51-45(53-47)36-19-9-4-10-20-36/h2-32H. The van der Waals surface area contributed by atoms with E-state index in [1.807, 2.05) is 133 Å². The Labute approximate surface area is 324 Å². The van der Waals surface area contributed by atoms with Crippen molar-refractivity contribution >= 4 is 5.69 Å². The van der Waals surface area contributed by atoms with Gasteiger partial charge < -0.3 is 0 Å². The van der Waals surface area contributed by atoms with Crippen LogP contribution in [-0.4, -0.2) is 29.9 Å². The van der Waals surface area contributed by atoms with E-state index in [1.165, 1.54) is 0 Å². The van der Waals surface area contributed by atoms with Crippen molar-refractivity contribution in [2.45, 2.75) is 0 Å². The molecule has 56 heavy (non-hydrogen) atoms. The first-order chi connectivity index (χ1) is 27.7. The maximum absolute atomic E-state index is 7.81. The van der Waals surface area contributed by atoms with Crippen molar-refractivity contribution in [3.8, 4) is 90.6 Å². The molecule has 0 atom stereocenters. The predicted molar refractivity (Wildman–Crippen MR) is 223 cm³/mol. The van der Waals surface area contributed by atoms with Gasteiger partial charge in [-0.05, 0) is 34.4 Å². The van der Waals surface area contributed by atoms with Crippen LogP contribution in [0.2, 0.25) is 0 Å². The minimum Gasteiger partial charge on any atom is -0.237 e. The van der Waals surface area contributed by atoms with Crippen LogP contribution in [0.15, 0.2) is 188 Å². The van der Waals surface area contributed by atoms with E-state index in [1.54, 1.807) is 6.07 Å². The van der Waals surface area contributed by atoms with Crippen LogP contribution in [0.4, 0.5) is 5.69 Å². The largest absolute Gasteiger partial charge is 0.237 e. The molecule has 7 nitrogen and oxygen atoms in total. The van der Waals surface area contributed by atoms with Crippen LogP contribution in [0.3, 0.4) is 0 Å². The fourth-order valence-corrected chi connectivity index (χ4v) is 6.57. The number of hydrogen-bond acceptors (Lipinski definition) is 6. The zero-order valence-electron chi connectivity index (χ0n) is 30.0. The van der Waals surface area contributed by atoms with E-state index < -0.39 is 0 Å². The molecule has 0 fully saturated rings. The summed E-state index contributed by atoms with van der Waals surface area (Å²) in [5.41, 5.74) is 9.73. The number of hydrogen-bond donors (Lipinski definition) is 0. The van der Waals surface area contributed by atoms with E-state index in [0.29, 0.717) is 46.2 Å². The number of rotatable bonds is 8. The lowest BCUT2D eigenvalue weighted by molar-refractivity contribution is 1.07. The molecule has 0 N–H and O–H groups in total. The van der Waals surface area contributed by atoms with Crippen LogP contribution in [0.25, 0.3) is 95.4 Å². The second kappa shape index (κ2) is 15.2. The second-order valence-corrected chi connectivity index (χ2v) is 13.1. The molecule has 9 aromatic rings. The van der Waals surface area contributed by atoms with Crippen molar-refractivity contribution in [3.05, 3.63) is 199 Å². The lowest BCUT2D eigenvalue weighted by Crippen LogP contribution is -2.00. The summed E-state index contributed by atoms with van der Waals surface area (Å²) in [7, 11) is 0. The molecule has 0 amide bonds. The first-order valence-electron chi connectivity index (χ1n) is 18.2. The first kappa shape index (κ1) is 33.9. The average molecular weight is 718 g/mol. The highest BCUT2D eigenvalue weighted by atomic mass is 15.0. The van der Waals surface area contributed by atoms with E-state index in [4.69, 9.17) is 36.5 Å². The molecular formula is C49H31N7. The highest BCUT2D eigenvalue weighted by Gasteiger charge is 2.16. The maximum atomic E-state index is 7.81. The van der Waals surface area contributed by atoms with E-state index in [2.05, 4.69) is 53.4 Å². The van der Waals surface area contributed by atoms with Gasteiger partial charge in [-0.3, -0.25) is 0 Å². The van der Waals surface area contributed by atoms with Crippen LogP contribution < -0.4 is 0 Å². The molecule has 2 aromatic heterocycles. The quantitative estimate of drug-likeness (QED) is 0.146. The van der Waals surface area contributed by atoms with E-state index in [0.717, 1.165) is 50.1 Å². The van der Waals surface area contributed by atoms with Crippen molar-refractivity contribution in [2.75, 3.05) is 0 Å². The summed E-state index contributed by atoms with van der Waals surface area (Å²) >= 11 is 0. The summed E-state index contributed by atoms with van der Waals surface area (Å²) in [5, 5.41) is 0. The van der Waals surface area contributed by atoms with Crippen LogP contribution in [0, 0.1) is 6.57 Å². The Bertz CT molecular complexity index is 2790. The Hall–Kier alpha value is -7.95. The van der Waals surface area contributed by atoms with Crippen LogP contribution in [0.1, 0.15) is 0 Å². The minimum absolute atomic E-state index is 0.445. The molecule has 0 unspecified atom stereocenters. The van der Waals surface area contributed by atoms with Crippen LogP contribution in [0.5, 0.6) is 0 Å². The Balaban J connectivity index is 1.09. The minimum atomic E-state index is 0.445. The zero-order chi connectivity index (χ0) is 37.7. The van der Waals surface area contributed by atoms with Gasteiger partial charge in [0.1, 0.15) is 0 Å². The summed E-state index contributed by atoms with van der Waals surface area (Å²) in [5.74, 6) is 3.32. The van der Waals surface area contributed by atoms with Gasteiger partial charge in [-0.15, -0.1) is 0 Å². The summed E-state index contributed by atoms with van der Waals surface area (Å²) < 4.78 is 0. The number of benzene rings is 7. The van der Waals surface area contributed by atoms with Crippen molar-refractivity contribution in [1.82, 2.24) is 29.9 Å². The topological polar surface area (TPSA) is 81.7 Å². The SMILES string of the molecule is [C-]#[N+]c1ccccc1-c1nc(-c2ccc(-c3cccc(-c4nc(-c5ccccc5)nc(-c5ccccc5)n4)c3)cc2)nc(-c2cccc(-c3ccccc3)c2)n1. The maximum Gasteiger partial charge on any atom is 0.198 e. The monoisotopic (exact) mass is 717 g/mol. The molecular weight excluding hydrogens is 687 g/mol. The number of para-hydroxylation sites is 1. The zero-order valence-corrected chi connectivity index (χ0v) is 30.0. The van der Waals surface area contributed by atoms with Gasteiger partial charge in [0, 0.05) is 33.4 Å². The molecule has 7 heteroatoms. The summed E-state index contributed by atoms with van der Waals surface area (Å²) in [6.07, 6.45) is 0. The summed E-state index contributed by atoms with van der Waals surface area (Å²) in [6, 6.07) is 62.2. The smallest absolute Gasteiger partial charge is 0.198 e. The van der Waals surface area contributed by atoms with Gasteiger partial charge in [0.05, 0.1) is 6.57 Å². The molecule has 262 valence electrons. The molecule has 0 aliphatic carbocycles. The molecule has 0 radical (unpaired) electrons. The molecule has 0 aliphatic rings. The molecule has 0 spiro atoms. The number of aromatic nitrogens is 6. The predicted octanol–water partition coefficient (Wildman–Crippen LogP) is 11.9. The summed E-state index contributed by atoms with van der Waals surface area (Å²) in [4.78, 5) is 33.3. The summed E-state index contributed by atoms with van der Waals surface area (Å²) in [6.45, 7) is 7.81. The first-order valence-corrected chi connectivity index (χ1v) is 18.2. The molecule has 7 aromatic carbocycles. The van der Waals surface area contributed by atoms with Gasteiger partial charge >= 0.3 is 0 Å². The van der Waals surface area contributed by atoms with Gasteiger partial charge in [-0.2, -0.15) is 0 Å². The molecule has 0 bridgehead atoms. The highest BCUT2D eigenvalue weighted by molar-refractivity contribution is 5.79. The van der Waals surface area contributed by atoms with E-state index >= 15 is 0 Å². The van der Waals surface area contributed by atoms with Crippen LogP contribution in [-0.2, 0) is 0 Å². The molecule has 0 saturated heterocycles. The van der Waals surface area contributed by atoms with Crippen molar-refractivity contribution in [1.29, 1.82) is 0 Å². The average Bonchev–Trinajstić information content (AvgIpc) is 3.29. The van der Waals surface area contributed by atoms with Crippen molar-refractivity contribution in [3.63, 3.8) is 0 Å². The lowest BCUT2D eigenvalue weighted by atomic mass is 10.0. The van der Waals surface area contributed by atoms with Gasteiger partial charge in [-0.1, -0.05) is 176 Å². The van der Waals surface area contributed by atoms with E-state index in [-0.39, 0.29) is 0 Å². The molecule has 2 heterocycles. The third-order valence-electron chi connectivity index (χ3n) is 9.43. The fourth-order valence-electron chi connectivity index (χ4n) is 6.57. The highest BCUT2D eigenvalue weighted by Crippen LogP contribution is 2.33. The van der Waals surface area contributed by atoms with E-state index in [9.17, 15) is 0 Å². The Morgan fingerprint density at radius 3 is 1.07 bits per heavy atom. The Morgan fingerprint density at radius 1 is 0.268 bits per heavy atom. The fraction of sp³-hybridized carbons (Fsp3) is 0. The van der Waals surface area contributed by atoms with Gasteiger partial charge in [0.25, 0.3) is 0 Å². The van der Waals surface area contributed by atoms with Crippen molar-refractivity contribution < 1.29 is 0 Å². The Kier molecular flexibility index (Phi) is 9.18. The second-order valence-electron chi connectivity index (χ2n) is 13.1. The van der Waals surface area contributed by atoms with Crippen molar-refractivity contribution in [2.24, 2.45) is 0 Å². The van der Waals surface area contributed by atoms with Gasteiger partial charge in [-0.25, -0.2) is 34.7 Å². The third-order valence-corrected chi connectivity index (χ3v) is 9.43. The molecule has 0 saturated carbocycles. The lowest BCUT2D eigenvalue weighted by Gasteiger charge is -2.11. The molecule has 0 aliphatic heterocycles. The number of nitrogens with zero attached hydrogens (tertiary/aromatic N) is 7. The van der Waals surface area contributed by atoms with Crippen LogP contribution >= 0.6 is 0 Å². The normalized spacial score (nSPS) is 10.8. The van der Waals surface area contributed by atoms with Gasteiger partial charge in [0.15, 0.2) is 40.6 Å².